The molecular formula is C63H122. The van der Waals surface area contributed by atoms with Gasteiger partial charge >= 0.3 is 0 Å². The van der Waals surface area contributed by atoms with Crippen LogP contribution in [-0.2, 0) is 0 Å². The van der Waals surface area contributed by atoms with Gasteiger partial charge in [-0.25, -0.2) is 0 Å². The molecule has 5 aliphatic carbocycles. The van der Waals surface area contributed by atoms with E-state index in [0.717, 1.165) is 82.9 Å². The van der Waals surface area contributed by atoms with Crippen LogP contribution in [0.4, 0.5) is 0 Å². The fourth-order valence-electron chi connectivity index (χ4n) is 13.1. The molecule has 0 radical (unpaired) electrons. The Labute approximate surface area is 401 Å². The lowest BCUT2D eigenvalue weighted by Gasteiger charge is -2.47. The Morgan fingerprint density at radius 1 is 0.619 bits per heavy atom. The number of rotatable bonds is 9. The molecule has 0 aliphatic heterocycles. The Morgan fingerprint density at radius 3 is 1.54 bits per heavy atom. The van der Waals surface area contributed by atoms with Gasteiger partial charge in [0.15, 0.2) is 0 Å². The van der Waals surface area contributed by atoms with Gasteiger partial charge in [-0.15, -0.1) is 6.58 Å². The topological polar surface area (TPSA) is 0 Å². The zero-order chi connectivity index (χ0) is 48.7. The zero-order valence-electron chi connectivity index (χ0n) is 47.9. The third kappa shape index (κ3) is 23.4. The van der Waals surface area contributed by atoms with E-state index >= 15 is 0 Å². The fraction of sp³-hybridized carbons (Fsp3) is 0.937. The van der Waals surface area contributed by atoms with Crippen LogP contribution >= 0.6 is 0 Å². The summed E-state index contributed by atoms with van der Waals surface area (Å²) in [4.78, 5) is 0. The summed E-state index contributed by atoms with van der Waals surface area (Å²) >= 11 is 0. The molecule has 0 amide bonds. The zero-order valence-corrected chi connectivity index (χ0v) is 47.9. The summed E-state index contributed by atoms with van der Waals surface area (Å²) in [6, 6.07) is 0. The summed E-state index contributed by atoms with van der Waals surface area (Å²) in [5.74, 6) is 13.3. The second-order valence-electron chi connectivity index (χ2n) is 29.1. The summed E-state index contributed by atoms with van der Waals surface area (Å²) in [7, 11) is 0. The van der Waals surface area contributed by atoms with Gasteiger partial charge in [-0.3, -0.25) is 0 Å². The standard InChI is InChI=1S/C25H46.C24H42.2C5H12.C4H10/c1-9-23(22-14-18(4)15-22)24(19(5)17(2)3)21-12-10-20(11-13-21)16-25(6,7)8;1-6-21-18(4)11-8-7-9-12-20-16-24(20,17(2)3)15-19(5)22-13-10-14-23(21)22;2*1-5(2,3)4;1-4(2)3/h17-18,20-24H,5,9-16H2,1-4,6-8H3;6,17-23H,1,7-16H2,2-5H3;2*1-4H3;4H,1-3H3. The van der Waals surface area contributed by atoms with Crippen LogP contribution in [0.15, 0.2) is 24.8 Å². The molecule has 0 aromatic heterocycles. The Balaban J connectivity index is 0.000000485. The molecule has 9 unspecified atom stereocenters. The van der Waals surface area contributed by atoms with Gasteiger partial charge in [0.05, 0.1) is 0 Å². The predicted molar refractivity (Wildman–Crippen MR) is 289 cm³/mol. The van der Waals surface area contributed by atoms with Crippen molar-refractivity contribution in [2.24, 2.45) is 110 Å². The van der Waals surface area contributed by atoms with E-state index in [1.54, 1.807) is 5.57 Å². The molecule has 0 aromatic carbocycles. The van der Waals surface area contributed by atoms with Crippen LogP contribution in [0.2, 0.25) is 0 Å². The first kappa shape index (κ1) is 60.5. The van der Waals surface area contributed by atoms with Crippen molar-refractivity contribution in [3.8, 4) is 0 Å². The predicted octanol–water partition coefficient (Wildman–Crippen LogP) is 21.4. The molecule has 374 valence electrons. The first-order chi connectivity index (χ1) is 28.8. The monoisotopic (exact) mass is 879 g/mol. The van der Waals surface area contributed by atoms with Gasteiger partial charge in [-0.05, 0) is 175 Å². The lowest BCUT2D eigenvalue weighted by atomic mass is 9.58. The van der Waals surface area contributed by atoms with E-state index in [-0.39, 0.29) is 0 Å². The van der Waals surface area contributed by atoms with E-state index in [9.17, 15) is 0 Å². The first-order valence-electron chi connectivity index (χ1n) is 28.2. The summed E-state index contributed by atoms with van der Waals surface area (Å²) in [5, 5.41) is 0. The van der Waals surface area contributed by atoms with Gasteiger partial charge in [0.25, 0.3) is 0 Å². The molecule has 0 spiro atoms. The number of hydrogen-bond donors (Lipinski definition) is 0. The quantitative estimate of drug-likeness (QED) is 0.203. The summed E-state index contributed by atoms with van der Waals surface area (Å²) in [6.45, 7) is 59.9. The van der Waals surface area contributed by atoms with E-state index < -0.39 is 0 Å². The summed E-state index contributed by atoms with van der Waals surface area (Å²) in [6.07, 6.45) is 28.7. The molecular weight excluding hydrogens is 757 g/mol. The molecule has 5 fully saturated rings. The molecule has 9 atom stereocenters. The number of hydrogen-bond acceptors (Lipinski definition) is 0. The van der Waals surface area contributed by atoms with Gasteiger partial charge in [0, 0.05) is 0 Å². The Bertz CT molecular complexity index is 1180. The van der Waals surface area contributed by atoms with Gasteiger partial charge in [-0.1, -0.05) is 222 Å². The van der Waals surface area contributed by atoms with Crippen LogP contribution < -0.4 is 0 Å². The third-order valence-corrected chi connectivity index (χ3v) is 16.0. The van der Waals surface area contributed by atoms with Crippen molar-refractivity contribution in [2.75, 3.05) is 0 Å². The van der Waals surface area contributed by atoms with E-state index in [1.807, 2.05) is 0 Å². The van der Waals surface area contributed by atoms with E-state index in [0.29, 0.717) is 27.6 Å². The van der Waals surface area contributed by atoms with Crippen molar-refractivity contribution in [3.63, 3.8) is 0 Å². The van der Waals surface area contributed by atoms with Crippen LogP contribution in [0.3, 0.4) is 0 Å². The summed E-state index contributed by atoms with van der Waals surface area (Å²) in [5.41, 5.74) is 3.77. The smallest absolute Gasteiger partial charge is 0.0144 e. The van der Waals surface area contributed by atoms with E-state index in [4.69, 9.17) is 0 Å². The molecule has 5 saturated carbocycles. The second-order valence-corrected chi connectivity index (χ2v) is 29.1. The molecule has 5 aliphatic rings. The second kappa shape index (κ2) is 27.5. The SMILES string of the molecule is C=C(C(C)C)C(C1CCC(CC(C)(C)C)CC1)C(CC)C1CC(C)C1.C=CC1C(C)CCCCCC2CC2(C(C)C)CC(C)C2CCCC12.CC(C)(C)C.CC(C)(C)C.CC(C)C. The minimum atomic E-state index is 0.493. The van der Waals surface area contributed by atoms with Crippen molar-refractivity contribution in [3.05, 3.63) is 24.8 Å². The minimum absolute atomic E-state index is 0.493. The van der Waals surface area contributed by atoms with Gasteiger partial charge in [0.2, 0.25) is 0 Å². The van der Waals surface area contributed by atoms with Crippen LogP contribution in [0, 0.1) is 110 Å². The Hall–Kier alpha value is -0.520. The van der Waals surface area contributed by atoms with Crippen molar-refractivity contribution in [2.45, 2.75) is 268 Å². The maximum absolute atomic E-state index is 4.64. The first-order valence-corrected chi connectivity index (χ1v) is 28.2. The molecule has 63 heavy (non-hydrogen) atoms. The molecule has 0 N–H and O–H groups in total. The third-order valence-electron chi connectivity index (χ3n) is 16.0. The number of allylic oxidation sites excluding steroid dienone is 2. The van der Waals surface area contributed by atoms with Gasteiger partial charge in [0.1, 0.15) is 0 Å². The van der Waals surface area contributed by atoms with Crippen molar-refractivity contribution in [1.82, 2.24) is 0 Å². The van der Waals surface area contributed by atoms with Crippen LogP contribution in [0.5, 0.6) is 0 Å². The Morgan fingerprint density at radius 2 is 1.11 bits per heavy atom. The molecule has 5 rings (SSSR count). The molecule has 0 nitrogen and oxygen atoms in total. The highest BCUT2D eigenvalue weighted by Crippen LogP contribution is 2.65. The molecule has 0 bridgehead atoms. The fourth-order valence-corrected chi connectivity index (χ4v) is 13.1. The maximum atomic E-state index is 4.64. The van der Waals surface area contributed by atoms with Gasteiger partial charge in [-0.2, -0.15) is 0 Å². The van der Waals surface area contributed by atoms with E-state index in [1.165, 1.54) is 116 Å². The highest BCUT2D eigenvalue weighted by atomic mass is 14.6. The van der Waals surface area contributed by atoms with Crippen molar-refractivity contribution >= 4 is 0 Å². The summed E-state index contributed by atoms with van der Waals surface area (Å²) < 4.78 is 0. The highest BCUT2D eigenvalue weighted by molar-refractivity contribution is 5.10. The molecule has 0 heterocycles. The minimum Gasteiger partial charge on any atom is -0.103 e. The van der Waals surface area contributed by atoms with Crippen molar-refractivity contribution in [1.29, 1.82) is 0 Å². The normalized spacial score (nSPS) is 33.5. The van der Waals surface area contributed by atoms with Crippen LogP contribution in [0.25, 0.3) is 0 Å². The lowest BCUT2D eigenvalue weighted by Crippen LogP contribution is -2.38. The molecule has 0 aromatic rings. The van der Waals surface area contributed by atoms with Crippen LogP contribution in [0.1, 0.15) is 268 Å². The number of fused-ring (bicyclic) bond motifs is 2. The molecule has 0 heteroatoms. The largest absolute Gasteiger partial charge is 0.103 e. The maximum Gasteiger partial charge on any atom is -0.0144 e. The average molecular weight is 880 g/mol. The van der Waals surface area contributed by atoms with Gasteiger partial charge < -0.3 is 0 Å². The lowest BCUT2D eigenvalue weighted by molar-refractivity contribution is 0.0578. The van der Waals surface area contributed by atoms with Crippen LogP contribution in [-0.4, -0.2) is 0 Å². The van der Waals surface area contributed by atoms with E-state index in [2.05, 4.69) is 172 Å². The molecule has 0 saturated heterocycles. The average Bonchev–Trinajstić information content (AvgIpc) is 3.59. The Kier molecular flexibility index (Phi) is 26.4. The van der Waals surface area contributed by atoms with Crippen molar-refractivity contribution < 1.29 is 0 Å². The highest BCUT2D eigenvalue weighted by Gasteiger charge is 2.56.